The summed E-state index contributed by atoms with van der Waals surface area (Å²) in [7, 11) is 0. The summed E-state index contributed by atoms with van der Waals surface area (Å²) >= 11 is -1.79. The molecule has 255 valence electrons. The molecule has 51 heavy (non-hydrogen) atoms. The van der Waals surface area contributed by atoms with Crippen molar-refractivity contribution in [3.05, 3.63) is 175 Å². The third-order valence-electron chi connectivity index (χ3n) is 9.32. The maximum absolute atomic E-state index is 5.89. The van der Waals surface area contributed by atoms with Crippen LogP contribution in [0.2, 0.25) is 17.3 Å². The predicted octanol–water partition coefficient (Wildman–Crippen LogP) is 11.7. The topological polar surface area (TPSA) is 38.9 Å². The molecule has 5 aromatic carbocycles. The molecular weight excluding hydrogens is 861 g/mol. The SMILES string of the molecule is CC(c1c[c-]c(-c2cc[c]([Ge]([CH3])([CH3])[CH3])cn2)cc1)c1ccccc1.Cc1cc(-c2[c-]cc3oc4ccccc4c3c2)ncc1-c1ccccc1.[Ir]. The van der Waals surface area contributed by atoms with Crippen LogP contribution in [0.3, 0.4) is 0 Å². The van der Waals surface area contributed by atoms with E-state index in [1.165, 1.54) is 26.6 Å². The second-order valence-electron chi connectivity index (χ2n) is 13.8. The Morgan fingerprint density at radius 3 is 1.96 bits per heavy atom. The zero-order chi connectivity index (χ0) is 34.7. The molecule has 0 aliphatic carbocycles. The van der Waals surface area contributed by atoms with Gasteiger partial charge in [-0.3, -0.25) is 0 Å². The van der Waals surface area contributed by atoms with E-state index in [0.29, 0.717) is 5.92 Å². The van der Waals surface area contributed by atoms with E-state index in [1.54, 1.807) is 0 Å². The minimum absolute atomic E-state index is 0. The number of fused-ring (bicyclic) bond motifs is 3. The molecule has 8 rings (SSSR count). The van der Waals surface area contributed by atoms with Crippen molar-refractivity contribution in [3.8, 4) is 33.6 Å². The number of para-hydroxylation sites is 1. The van der Waals surface area contributed by atoms with Crippen LogP contribution in [0.4, 0.5) is 0 Å². The van der Waals surface area contributed by atoms with Crippen molar-refractivity contribution >= 4 is 39.6 Å². The second-order valence-corrected chi connectivity index (χ2v) is 24.5. The number of aromatic nitrogens is 2. The van der Waals surface area contributed by atoms with Crippen LogP contribution < -0.4 is 4.40 Å². The summed E-state index contributed by atoms with van der Waals surface area (Å²) in [6.45, 7) is 4.36. The molecule has 5 heteroatoms. The number of furan rings is 1. The average molecular weight is 902 g/mol. The standard InChI is InChI=1S/C24H16NO.C22H24GeN.Ir/c1-16-13-22(25-15-21(16)17-7-3-2-4-8-17)18-11-12-24-20(14-18)19-9-5-6-10-23(19)26-24;1-17(18-8-6-5-7-9-18)19-10-12-20(13-11-19)22-15-14-21(16-24-22)23(2,3)4;/h2-10,12-15H,1H3;5-12,14-17H,1-4H3;/q2*-1;. The average Bonchev–Trinajstić information content (AvgIpc) is 3.53. The molecule has 0 saturated carbocycles. The van der Waals surface area contributed by atoms with Crippen LogP contribution in [-0.4, -0.2) is 23.2 Å². The van der Waals surface area contributed by atoms with Gasteiger partial charge in [0, 0.05) is 37.3 Å². The van der Waals surface area contributed by atoms with E-state index >= 15 is 0 Å². The summed E-state index contributed by atoms with van der Waals surface area (Å²) in [5.41, 5.74) is 11.9. The Bertz CT molecular complexity index is 2360. The van der Waals surface area contributed by atoms with Gasteiger partial charge in [-0.15, -0.1) is 23.8 Å². The fourth-order valence-corrected chi connectivity index (χ4v) is 8.41. The minimum Gasteiger partial charge on any atom is -0.500 e. The smallest absolute Gasteiger partial charge is 0.120 e. The molecule has 0 amide bonds. The van der Waals surface area contributed by atoms with Gasteiger partial charge in [-0.1, -0.05) is 66.0 Å². The summed E-state index contributed by atoms with van der Waals surface area (Å²) in [5.74, 6) is 7.55. The van der Waals surface area contributed by atoms with Crippen LogP contribution in [0.15, 0.2) is 150 Å². The predicted molar refractivity (Wildman–Crippen MR) is 211 cm³/mol. The molecule has 0 spiro atoms. The van der Waals surface area contributed by atoms with E-state index in [1.807, 2.05) is 36.5 Å². The summed E-state index contributed by atoms with van der Waals surface area (Å²) < 4.78 is 7.33. The van der Waals surface area contributed by atoms with Gasteiger partial charge in [-0.05, 0) is 29.8 Å². The Morgan fingerprint density at radius 2 is 1.29 bits per heavy atom. The zero-order valence-electron chi connectivity index (χ0n) is 29.6. The largest absolute Gasteiger partial charge is 0.500 e. The van der Waals surface area contributed by atoms with Gasteiger partial charge in [0.2, 0.25) is 0 Å². The number of hydrogen-bond donors (Lipinski definition) is 0. The van der Waals surface area contributed by atoms with Crippen LogP contribution in [0, 0.1) is 19.1 Å². The van der Waals surface area contributed by atoms with Crippen molar-refractivity contribution in [2.24, 2.45) is 0 Å². The number of hydrogen-bond acceptors (Lipinski definition) is 3. The number of nitrogens with zero attached hydrogens (tertiary/aromatic N) is 2. The molecule has 3 nitrogen and oxygen atoms in total. The Labute approximate surface area is 317 Å². The van der Waals surface area contributed by atoms with Gasteiger partial charge in [0.15, 0.2) is 0 Å². The molecule has 3 heterocycles. The van der Waals surface area contributed by atoms with Crippen LogP contribution in [0.5, 0.6) is 0 Å². The number of aryl methyl sites for hydroxylation is 1. The quantitative estimate of drug-likeness (QED) is 0.123. The first-order valence-electron chi connectivity index (χ1n) is 17.1. The first kappa shape index (κ1) is 36.2. The van der Waals surface area contributed by atoms with Crippen LogP contribution >= 0.6 is 0 Å². The van der Waals surface area contributed by atoms with E-state index in [0.717, 1.165) is 50.0 Å². The van der Waals surface area contributed by atoms with Crippen LogP contribution in [0.1, 0.15) is 29.5 Å². The summed E-state index contributed by atoms with van der Waals surface area (Å²) in [6.07, 6.45) is 4.01. The molecule has 1 atom stereocenters. The Hall–Kier alpha value is -4.61. The van der Waals surface area contributed by atoms with Crippen molar-refractivity contribution in [2.45, 2.75) is 37.0 Å². The molecule has 0 saturated heterocycles. The Kier molecular flexibility index (Phi) is 11.2. The molecule has 8 aromatic rings. The van der Waals surface area contributed by atoms with Gasteiger partial charge in [-0.25, -0.2) is 0 Å². The summed E-state index contributed by atoms with van der Waals surface area (Å²) in [5, 5.41) is 2.22. The third kappa shape index (κ3) is 8.15. The first-order valence-corrected chi connectivity index (χ1v) is 24.5. The van der Waals surface area contributed by atoms with Crippen molar-refractivity contribution in [1.29, 1.82) is 0 Å². The number of benzene rings is 5. The molecule has 1 unspecified atom stereocenters. The van der Waals surface area contributed by atoms with Crippen molar-refractivity contribution in [1.82, 2.24) is 9.97 Å². The zero-order valence-corrected chi connectivity index (χ0v) is 34.1. The molecule has 0 aliphatic heterocycles. The summed E-state index contributed by atoms with van der Waals surface area (Å²) in [6, 6.07) is 52.7. The van der Waals surface area contributed by atoms with Gasteiger partial charge >= 0.3 is 142 Å². The van der Waals surface area contributed by atoms with E-state index in [2.05, 4.69) is 158 Å². The van der Waals surface area contributed by atoms with Crippen molar-refractivity contribution in [3.63, 3.8) is 0 Å². The number of pyridine rings is 2. The van der Waals surface area contributed by atoms with Crippen LogP contribution in [0.25, 0.3) is 55.6 Å². The normalized spacial score (nSPS) is 11.8. The number of rotatable bonds is 6. The van der Waals surface area contributed by atoms with Gasteiger partial charge in [0.05, 0.1) is 5.58 Å². The molecule has 0 fully saturated rings. The molecule has 0 aliphatic rings. The van der Waals surface area contributed by atoms with Gasteiger partial charge < -0.3 is 9.40 Å². The van der Waals surface area contributed by atoms with E-state index < -0.39 is 13.3 Å². The maximum atomic E-state index is 5.89. The van der Waals surface area contributed by atoms with Gasteiger partial charge in [0.25, 0.3) is 0 Å². The Balaban J connectivity index is 0.000000173. The monoisotopic (exact) mass is 903 g/mol. The van der Waals surface area contributed by atoms with Gasteiger partial charge in [-0.2, -0.15) is 0 Å². The van der Waals surface area contributed by atoms with Crippen molar-refractivity contribution < 1.29 is 24.5 Å². The molecule has 1 radical (unpaired) electrons. The van der Waals surface area contributed by atoms with Gasteiger partial charge in [0.1, 0.15) is 5.58 Å². The summed E-state index contributed by atoms with van der Waals surface area (Å²) in [4.78, 5) is 9.36. The fraction of sp³-hybridized carbons (Fsp3) is 0.130. The second kappa shape index (κ2) is 15.7. The Morgan fingerprint density at radius 1 is 0.608 bits per heavy atom. The minimum atomic E-state index is -1.79. The first-order chi connectivity index (χ1) is 24.2. The molecule has 0 bridgehead atoms. The van der Waals surface area contributed by atoms with Crippen molar-refractivity contribution in [2.75, 3.05) is 0 Å². The molecular formula is C46H40GeIrN2O-2. The van der Waals surface area contributed by atoms with E-state index in [9.17, 15) is 0 Å². The maximum Gasteiger partial charge on any atom is 0.120 e. The molecule has 0 N–H and O–H groups in total. The van der Waals surface area contributed by atoms with E-state index in [-0.39, 0.29) is 20.1 Å². The molecule has 3 aromatic heterocycles. The van der Waals surface area contributed by atoms with E-state index in [4.69, 9.17) is 9.40 Å². The third-order valence-corrected chi connectivity index (χ3v) is 13.6. The fourth-order valence-electron chi connectivity index (χ4n) is 6.24. The van der Waals surface area contributed by atoms with Crippen LogP contribution in [-0.2, 0) is 20.1 Å².